The van der Waals surface area contributed by atoms with Gasteiger partial charge in [-0.15, -0.1) is 0 Å². The van der Waals surface area contributed by atoms with Crippen LogP contribution in [0.2, 0.25) is 0 Å². The van der Waals surface area contributed by atoms with Crippen LogP contribution in [0.3, 0.4) is 0 Å². The highest BCUT2D eigenvalue weighted by atomic mass is 79.9. The van der Waals surface area contributed by atoms with Gasteiger partial charge < -0.3 is 14.8 Å². The van der Waals surface area contributed by atoms with E-state index >= 15 is 0 Å². The van der Waals surface area contributed by atoms with Crippen molar-refractivity contribution >= 4 is 21.8 Å². The first-order chi connectivity index (χ1) is 12.0. The highest BCUT2D eigenvalue weighted by Gasteiger charge is 2.06. The van der Waals surface area contributed by atoms with Crippen molar-refractivity contribution in [3.63, 3.8) is 0 Å². The molecule has 5 nitrogen and oxygen atoms in total. The number of pyridine rings is 1. The zero-order valence-electron chi connectivity index (χ0n) is 14.7. The van der Waals surface area contributed by atoms with Crippen LogP contribution in [0.1, 0.15) is 31.4 Å². The molecule has 6 heteroatoms. The zero-order valence-corrected chi connectivity index (χ0v) is 16.3. The number of methoxy groups -OCH3 is 1. The maximum Gasteiger partial charge on any atom is 0.220 e. The number of aromatic nitrogens is 1. The maximum atomic E-state index is 12.0. The molecule has 1 amide bonds. The van der Waals surface area contributed by atoms with Gasteiger partial charge >= 0.3 is 0 Å². The maximum absolute atomic E-state index is 12.0. The van der Waals surface area contributed by atoms with Crippen molar-refractivity contribution in [3.8, 4) is 11.6 Å². The first-order valence-corrected chi connectivity index (χ1v) is 8.98. The second kappa shape index (κ2) is 9.42. The minimum absolute atomic E-state index is 0.00875. The van der Waals surface area contributed by atoms with Gasteiger partial charge in [-0.3, -0.25) is 4.79 Å². The zero-order chi connectivity index (χ0) is 18.2. The van der Waals surface area contributed by atoms with Crippen molar-refractivity contribution in [1.29, 1.82) is 0 Å². The second-order valence-electron chi connectivity index (χ2n) is 5.92. The molecule has 134 valence electrons. The average Bonchev–Trinajstić information content (AvgIpc) is 2.59. The molecule has 0 unspecified atom stereocenters. The molecule has 2 aromatic rings. The Morgan fingerprint density at radius 3 is 2.60 bits per heavy atom. The third-order valence-corrected chi connectivity index (χ3v) is 4.12. The third kappa shape index (κ3) is 6.38. The molecule has 0 fully saturated rings. The summed E-state index contributed by atoms with van der Waals surface area (Å²) in [4.78, 5) is 16.2. The van der Waals surface area contributed by atoms with Gasteiger partial charge in [0.05, 0.1) is 17.7 Å². The number of hydrogen-bond donors (Lipinski definition) is 1. The SMILES string of the molecule is COc1ccc(CCC(=O)NCc2ccc(OC(C)C)nc2)cc1Br. The largest absolute Gasteiger partial charge is 0.496 e. The number of amides is 1. The molecule has 0 spiro atoms. The van der Waals surface area contributed by atoms with Crippen LogP contribution in [0.15, 0.2) is 41.0 Å². The summed E-state index contributed by atoms with van der Waals surface area (Å²) in [5.74, 6) is 1.38. The van der Waals surface area contributed by atoms with Gasteiger partial charge in [-0.25, -0.2) is 4.98 Å². The van der Waals surface area contributed by atoms with Gasteiger partial charge in [0, 0.05) is 25.2 Å². The highest BCUT2D eigenvalue weighted by molar-refractivity contribution is 9.10. The Bertz CT molecular complexity index is 702. The first-order valence-electron chi connectivity index (χ1n) is 8.18. The summed E-state index contributed by atoms with van der Waals surface area (Å²) in [6, 6.07) is 9.56. The average molecular weight is 407 g/mol. The van der Waals surface area contributed by atoms with E-state index in [1.807, 2.05) is 44.2 Å². The van der Waals surface area contributed by atoms with Crippen LogP contribution in [-0.4, -0.2) is 24.1 Å². The molecule has 1 aromatic carbocycles. The number of nitrogens with zero attached hydrogens (tertiary/aromatic N) is 1. The Kier molecular flexibility index (Phi) is 7.25. The molecular formula is C19H23BrN2O3. The van der Waals surface area contributed by atoms with Crippen molar-refractivity contribution in [2.45, 2.75) is 39.3 Å². The minimum atomic E-state index is 0.00875. The molecule has 0 saturated heterocycles. The van der Waals surface area contributed by atoms with Crippen LogP contribution in [0, 0.1) is 0 Å². The van der Waals surface area contributed by atoms with E-state index in [0.29, 0.717) is 25.3 Å². The summed E-state index contributed by atoms with van der Waals surface area (Å²) in [5.41, 5.74) is 2.02. The Balaban J connectivity index is 1.77. The lowest BCUT2D eigenvalue weighted by molar-refractivity contribution is -0.121. The van der Waals surface area contributed by atoms with E-state index in [2.05, 4.69) is 26.2 Å². The summed E-state index contributed by atoms with van der Waals surface area (Å²) >= 11 is 3.45. The monoisotopic (exact) mass is 406 g/mol. The number of halogens is 1. The second-order valence-corrected chi connectivity index (χ2v) is 6.77. The van der Waals surface area contributed by atoms with Gasteiger partial charge in [-0.2, -0.15) is 0 Å². The van der Waals surface area contributed by atoms with E-state index in [4.69, 9.17) is 9.47 Å². The molecule has 1 heterocycles. The number of carbonyl (C=O) groups is 1. The predicted molar refractivity (Wildman–Crippen MR) is 101 cm³/mol. The van der Waals surface area contributed by atoms with E-state index in [1.54, 1.807) is 13.3 Å². The van der Waals surface area contributed by atoms with Crippen LogP contribution in [0.4, 0.5) is 0 Å². The third-order valence-electron chi connectivity index (χ3n) is 3.50. The number of benzene rings is 1. The number of carbonyl (C=O) groups excluding carboxylic acids is 1. The van der Waals surface area contributed by atoms with Crippen molar-refractivity contribution in [2.75, 3.05) is 7.11 Å². The lowest BCUT2D eigenvalue weighted by atomic mass is 10.1. The number of ether oxygens (including phenoxy) is 2. The van der Waals surface area contributed by atoms with Gasteiger partial charge in [0.15, 0.2) is 0 Å². The van der Waals surface area contributed by atoms with E-state index in [9.17, 15) is 4.79 Å². The van der Waals surface area contributed by atoms with Gasteiger partial charge in [0.1, 0.15) is 5.75 Å². The molecule has 0 aliphatic rings. The molecule has 0 radical (unpaired) electrons. The lowest BCUT2D eigenvalue weighted by Crippen LogP contribution is -2.23. The van der Waals surface area contributed by atoms with E-state index in [1.165, 1.54) is 0 Å². The number of nitrogens with one attached hydrogen (secondary N) is 1. The molecule has 25 heavy (non-hydrogen) atoms. The van der Waals surface area contributed by atoms with Crippen LogP contribution in [0.5, 0.6) is 11.6 Å². The number of rotatable bonds is 8. The topological polar surface area (TPSA) is 60.5 Å². The summed E-state index contributed by atoms with van der Waals surface area (Å²) in [6.45, 7) is 4.37. The Morgan fingerprint density at radius 2 is 2.00 bits per heavy atom. The Morgan fingerprint density at radius 1 is 1.24 bits per heavy atom. The minimum Gasteiger partial charge on any atom is -0.496 e. The highest BCUT2D eigenvalue weighted by Crippen LogP contribution is 2.25. The van der Waals surface area contributed by atoms with Crippen LogP contribution in [0.25, 0.3) is 0 Å². The molecule has 0 saturated carbocycles. The number of hydrogen-bond acceptors (Lipinski definition) is 4. The fraction of sp³-hybridized carbons (Fsp3) is 0.368. The van der Waals surface area contributed by atoms with Gasteiger partial charge in [-0.1, -0.05) is 12.1 Å². The summed E-state index contributed by atoms with van der Waals surface area (Å²) in [5, 5.41) is 2.91. The lowest BCUT2D eigenvalue weighted by Gasteiger charge is -2.10. The quantitative estimate of drug-likeness (QED) is 0.722. The molecule has 0 atom stereocenters. The Labute approximate surface area is 156 Å². The molecular weight excluding hydrogens is 384 g/mol. The summed E-state index contributed by atoms with van der Waals surface area (Å²) in [6.07, 6.45) is 2.92. The molecule has 1 aromatic heterocycles. The molecule has 2 rings (SSSR count). The first kappa shape index (κ1) is 19.2. The van der Waals surface area contributed by atoms with Gasteiger partial charge in [0.25, 0.3) is 0 Å². The van der Waals surface area contributed by atoms with Crippen LogP contribution in [-0.2, 0) is 17.8 Å². The van der Waals surface area contributed by atoms with Crippen molar-refractivity contribution in [3.05, 3.63) is 52.1 Å². The fourth-order valence-corrected chi connectivity index (χ4v) is 2.83. The van der Waals surface area contributed by atoms with E-state index in [0.717, 1.165) is 21.3 Å². The predicted octanol–water partition coefficient (Wildman–Crippen LogP) is 3.89. The van der Waals surface area contributed by atoms with Crippen molar-refractivity contribution in [2.24, 2.45) is 0 Å². The molecule has 1 N–H and O–H groups in total. The van der Waals surface area contributed by atoms with E-state index in [-0.39, 0.29) is 12.0 Å². The van der Waals surface area contributed by atoms with Crippen molar-refractivity contribution < 1.29 is 14.3 Å². The molecule has 0 aliphatic carbocycles. The van der Waals surface area contributed by atoms with Crippen molar-refractivity contribution in [1.82, 2.24) is 10.3 Å². The summed E-state index contributed by atoms with van der Waals surface area (Å²) < 4.78 is 11.6. The smallest absolute Gasteiger partial charge is 0.220 e. The molecule has 0 bridgehead atoms. The van der Waals surface area contributed by atoms with E-state index < -0.39 is 0 Å². The normalized spacial score (nSPS) is 10.6. The Hall–Kier alpha value is -2.08. The van der Waals surface area contributed by atoms with Crippen LogP contribution < -0.4 is 14.8 Å². The molecule has 0 aliphatic heterocycles. The van der Waals surface area contributed by atoms with Gasteiger partial charge in [-0.05, 0) is 59.5 Å². The standard InChI is InChI=1S/C19H23BrN2O3/c1-13(2)25-19-9-6-15(12-22-19)11-21-18(23)8-5-14-4-7-17(24-3)16(20)10-14/h4,6-7,9-10,12-13H,5,8,11H2,1-3H3,(H,21,23). The summed E-state index contributed by atoms with van der Waals surface area (Å²) in [7, 11) is 1.63. The van der Waals surface area contributed by atoms with Crippen LogP contribution >= 0.6 is 15.9 Å². The van der Waals surface area contributed by atoms with Gasteiger partial charge in [0.2, 0.25) is 11.8 Å². The fourth-order valence-electron chi connectivity index (χ4n) is 2.24. The number of aryl methyl sites for hydroxylation is 1.